The summed E-state index contributed by atoms with van der Waals surface area (Å²) < 4.78 is 5.16. The van der Waals surface area contributed by atoms with E-state index in [4.69, 9.17) is 4.74 Å². The first-order chi connectivity index (χ1) is 15.0. The van der Waals surface area contributed by atoms with Crippen molar-refractivity contribution in [2.24, 2.45) is 0 Å². The second-order valence-electron chi connectivity index (χ2n) is 8.00. The van der Waals surface area contributed by atoms with Gasteiger partial charge in [-0.15, -0.1) is 0 Å². The number of hydrazine groups is 1. The van der Waals surface area contributed by atoms with Crippen LogP contribution in [0.25, 0.3) is 0 Å². The van der Waals surface area contributed by atoms with Crippen molar-refractivity contribution in [1.82, 2.24) is 20.7 Å². The molecule has 0 spiro atoms. The van der Waals surface area contributed by atoms with E-state index in [2.05, 4.69) is 42.8 Å². The van der Waals surface area contributed by atoms with Gasteiger partial charge in [-0.3, -0.25) is 9.59 Å². The SMILES string of the molecule is COc1cccc(C(=O)NCCN2C=CN3NC(c4ccc(C)c(C)c4)CC3C2=O)c1. The zero-order valence-electron chi connectivity index (χ0n) is 18.1. The summed E-state index contributed by atoms with van der Waals surface area (Å²) in [5, 5.41) is 4.77. The molecule has 2 aliphatic rings. The van der Waals surface area contributed by atoms with Gasteiger partial charge < -0.3 is 20.0 Å². The Balaban J connectivity index is 1.33. The maximum Gasteiger partial charge on any atom is 0.251 e. The molecular formula is C24H28N4O3. The Hall–Kier alpha value is -3.32. The lowest BCUT2D eigenvalue weighted by Crippen LogP contribution is -2.49. The van der Waals surface area contributed by atoms with Gasteiger partial charge in [-0.25, -0.2) is 5.43 Å². The largest absolute Gasteiger partial charge is 0.497 e. The van der Waals surface area contributed by atoms with Crippen LogP contribution in [0.5, 0.6) is 5.75 Å². The maximum absolute atomic E-state index is 13.0. The average molecular weight is 421 g/mol. The van der Waals surface area contributed by atoms with Crippen LogP contribution < -0.4 is 15.5 Å². The predicted molar refractivity (Wildman–Crippen MR) is 118 cm³/mol. The maximum atomic E-state index is 13.0. The first-order valence-corrected chi connectivity index (χ1v) is 10.5. The summed E-state index contributed by atoms with van der Waals surface area (Å²) in [6.07, 6.45) is 4.38. The number of nitrogens with zero attached hydrogens (tertiary/aromatic N) is 2. The summed E-state index contributed by atoms with van der Waals surface area (Å²) in [5.41, 5.74) is 7.66. The van der Waals surface area contributed by atoms with E-state index in [-0.39, 0.29) is 23.9 Å². The van der Waals surface area contributed by atoms with E-state index in [9.17, 15) is 9.59 Å². The number of nitrogens with one attached hydrogen (secondary N) is 2. The van der Waals surface area contributed by atoms with Gasteiger partial charge >= 0.3 is 0 Å². The minimum atomic E-state index is -0.245. The molecule has 7 heteroatoms. The summed E-state index contributed by atoms with van der Waals surface area (Å²) in [4.78, 5) is 27.0. The van der Waals surface area contributed by atoms with Gasteiger partial charge in [0.05, 0.1) is 13.2 Å². The summed E-state index contributed by atoms with van der Waals surface area (Å²) in [7, 11) is 1.57. The number of amides is 2. The smallest absolute Gasteiger partial charge is 0.251 e. The third-order valence-corrected chi connectivity index (χ3v) is 5.98. The summed E-state index contributed by atoms with van der Waals surface area (Å²) in [6, 6.07) is 13.3. The molecule has 2 N–H and O–H groups in total. The van der Waals surface area contributed by atoms with Crippen molar-refractivity contribution in [2.75, 3.05) is 20.2 Å². The van der Waals surface area contributed by atoms with Crippen molar-refractivity contribution < 1.29 is 14.3 Å². The Kier molecular flexibility index (Phi) is 5.95. The molecule has 2 atom stereocenters. The highest BCUT2D eigenvalue weighted by Gasteiger charge is 2.39. The molecular weight excluding hydrogens is 392 g/mol. The molecule has 31 heavy (non-hydrogen) atoms. The lowest BCUT2D eigenvalue weighted by Gasteiger charge is -2.31. The Labute approximate surface area is 182 Å². The van der Waals surface area contributed by atoms with Crippen LogP contribution in [0.3, 0.4) is 0 Å². The Morgan fingerprint density at radius 2 is 2.00 bits per heavy atom. The van der Waals surface area contributed by atoms with Gasteiger partial charge in [0.25, 0.3) is 11.8 Å². The van der Waals surface area contributed by atoms with E-state index in [1.165, 1.54) is 16.7 Å². The zero-order chi connectivity index (χ0) is 22.0. The second-order valence-corrected chi connectivity index (χ2v) is 8.00. The van der Waals surface area contributed by atoms with E-state index < -0.39 is 0 Å². The van der Waals surface area contributed by atoms with E-state index in [0.29, 0.717) is 30.8 Å². The topological polar surface area (TPSA) is 73.9 Å². The van der Waals surface area contributed by atoms with Crippen molar-refractivity contribution in [1.29, 1.82) is 0 Å². The van der Waals surface area contributed by atoms with Crippen LogP contribution in [-0.4, -0.2) is 48.0 Å². The third kappa shape index (κ3) is 4.41. The minimum Gasteiger partial charge on any atom is -0.497 e. The predicted octanol–water partition coefficient (Wildman–Crippen LogP) is 2.68. The Bertz CT molecular complexity index is 1020. The molecule has 2 aliphatic heterocycles. The van der Waals surface area contributed by atoms with Gasteiger partial charge in [0.1, 0.15) is 11.8 Å². The molecule has 2 unspecified atom stereocenters. The Morgan fingerprint density at radius 1 is 1.16 bits per heavy atom. The summed E-state index contributed by atoms with van der Waals surface area (Å²) in [5.74, 6) is 0.484. The molecule has 0 aromatic heterocycles. The molecule has 2 heterocycles. The third-order valence-electron chi connectivity index (χ3n) is 5.98. The van der Waals surface area contributed by atoms with Gasteiger partial charge in [-0.05, 0) is 55.2 Å². The standard InChI is InChI=1S/C24H28N4O3/c1-16-7-8-18(13-17(16)2)21-15-22-24(30)27(11-12-28(22)26-21)10-9-25-23(29)19-5-4-6-20(14-19)31-3/h4-8,11-14,21-22,26H,9-10,15H2,1-3H3,(H,25,29). The zero-order valence-corrected chi connectivity index (χ0v) is 18.1. The van der Waals surface area contributed by atoms with E-state index in [0.717, 1.165) is 0 Å². The molecule has 0 saturated carbocycles. The van der Waals surface area contributed by atoms with E-state index >= 15 is 0 Å². The highest BCUT2D eigenvalue weighted by atomic mass is 16.5. The molecule has 1 saturated heterocycles. The molecule has 4 rings (SSSR count). The van der Waals surface area contributed by atoms with Gasteiger partial charge in [-0.2, -0.15) is 0 Å². The molecule has 162 valence electrons. The number of carbonyl (C=O) groups is 2. The van der Waals surface area contributed by atoms with E-state index in [1.807, 2.05) is 11.2 Å². The van der Waals surface area contributed by atoms with Crippen molar-refractivity contribution in [2.45, 2.75) is 32.4 Å². The number of methoxy groups -OCH3 is 1. The minimum absolute atomic E-state index is 0.0389. The van der Waals surface area contributed by atoms with Gasteiger partial charge in [-0.1, -0.05) is 24.3 Å². The second kappa shape index (κ2) is 8.81. The fourth-order valence-corrected chi connectivity index (χ4v) is 3.98. The number of hydrogen-bond acceptors (Lipinski definition) is 5. The number of hydrogen-bond donors (Lipinski definition) is 2. The van der Waals surface area contributed by atoms with Crippen molar-refractivity contribution in [3.05, 3.63) is 77.1 Å². The molecule has 0 bridgehead atoms. The number of carbonyl (C=O) groups excluding carboxylic acids is 2. The van der Waals surface area contributed by atoms with Crippen LogP contribution in [0.1, 0.15) is 39.5 Å². The van der Waals surface area contributed by atoms with Crippen molar-refractivity contribution >= 4 is 11.8 Å². The molecule has 0 radical (unpaired) electrons. The molecule has 0 aliphatic carbocycles. The molecule has 2 aromatic rings. The van der Waals surface area contributed by atoms with Crippen LogP contribution in [0.4, 0.5) is 0 Å². The van der Waals surface area contributed by atoms with Gasteiger partial charge in [0.15, 0.2) is 0 Å². The summed E-state index contributed by atoms with van der Waals surface area (Å²) >= 11 is 0. The van der Waals surface area contributed by atoms with Crippen LogP contribution in [-0.2, 0) is 4.79 Å². The lowest BCUT2D eigenvalue weighted by atomic mass is 9.97. The molecule has 1 fully saturated rings. The number of fused-ring (bicyclic) bond motifs is 1. The fourth-order valence-electron chi connectivity index (χ4n) is 3.98. The Morgan fingerprint density at radius 3 is 2.77 bits per heavy atom. The van der Waals surface area contributed by atoms with E-state index in [1.54, 1.807) is 42.5 Å². The first-order valence-electron chi connectivity index (χ1n) is 10.5. The van der Waals surface area contributed by atoms with Crippen molar-refractivity contribution in [3.8, 4) is 5.75 Å². The average Bonchev–Trinajstić information content (AvgIpc) is 3.22. The quantitative estimate of drug-likeness (QED) is 0.752. The van der Waals surface area contributed by atoms with Crippen LogP contribution in [0.2, 0.25) is 0 Å². The van der Waals surface area contributed by atoms with Crippen LogP contribution in [0.15, 0.2) is 54.9 Å². The fraction of sp³-hybridized carbons (Fsp3) is 0.333. The highest BCUT2D eigenvalue weighted by molar-refractivity contribution is 5.94. The monoisotopic (exact) mass is 420 g/mol. The first kappa shape index (κ1) is 20.9. The molecule has 7 nitrogen and oxygen atoms in total. The van der Waals surface area contributed by atoms with Crippen molar-refractivity contribution in [3.63, 3.8) is 0 Å². The van der Waals surface area contributed by atoms with Crippen LogP contribution in [0, 0.1) is 13.8 Å². The molecule has 2 aromatic carbocycles. The number of aryl methyl sites for hydroxylation is 2. The number of benzene rings is 2. The number of rotatable bonds is 6. The number of ether oxygens (including phenoxy) is 1. The summed E-state index contributed by atoms with van der Waals surface area (Å²) in [6.45, 7) is 4.99. The lowest BCUT2D eigenvalue weighted by molar-refractivity contribution is -0.134. The highest BCUT2D eigenvalue weighted by Crippen LogP contribution is 2.31. The van der Waals surface area contributed by atoms with Crippen LogP contribution >= 0.6 is 0 Å². The normalized spacial score (nSPS) is 20.0. The van der Waals surface area contributed by atoms with Gasteiger partial charge in [0, 0.05) is 31.1 Å². The molecule has 2 amide bonds. The van der Waals surface area contributed by atoms with Gasteiger partial charge in [0.2, 0.25) is 0 Å².